The summed E-state index contributed by atoms with van der Waals surface area (Å²) in [5.74, 6) is -0.400. The van der Waals surface area contributed by atoms with E-state index >= 15 is 0 Å². The van der Waals surface area contributed by atoms with Gasteiger partial charge in [0, 0.05) is 27.8 Å². The lowest BCUT2D eigenvalue weighted by Crippen LogP contribution is -2.35. The molecule has 0 fully saturated rings. The molecule has 0 saturated carbocycles. The summed E-state index contributed by atoms with van der Waals surface area (Å²) in [5.41, 5.74) is 0. The van der Waals surface area contributed by atoms with Gasteiger partial charge in [-0.25, -0.2) is 4.79 Å². The third-order valence-corrected chi connectivity index (χ3v) is 2.39. The number of rotatable bonds is 7. The Kier molecular flexibility index (Phi) is 7.29. The van der Waals surface area contributed by atoms with Crippen LogP contribution < -0.4 is 0 Å². The van der Waals surface area contributed by atoms with E-state index in [9.17, 15) is 4.79 Å². The van der Waals surface area contributed by atoms with Crippen molar-refractivity contribution >= 4 is 5.97 Å². The normalized spacial score (nSPS) is 16.9. The number of carbonyl (C=O) groups is 1. The lowest BCUT2D eigenvalue weighted by atomic mass is 10.1. The smallest absolute Gasteiger partial charge is 0.335 e. The van der Waals surface area contributed by atoms with E-state index in [-0.39, 0.29) is 12.2 Å². The van der Waals surface area contributed by atoms with E-state index in [1.807, 2.05) is 6.92 Å². The monoisotopic (exact) mass is 220 g/mol. The van der Waals surface area contributed by atoms with Gasteiger partial charge in [0.05, 0.1) is 19.3 Å². The lowest BCUT2D eigenvalue weighted by molar-refractivity contribution is -0.156. The molecule has 90 valence electrons. The van der Waals surface area contributed by atoms with Crippen molar-refractivity contribution in [3.63, 3.8) is 0 Å². The summed E-state index contributed by atoms with van der Waals surface area (Å²) < 4.78 is 20.0. The molecule has 0 amide bonds. The molecule has 0 heterocycles. The van der Waals surface area contributed by atoms with Gasteiger partial charge in [-0.1, -0.05) is 0 Å². The third-order valence-electron chi connectivity index (χ3n) is 2.39. The first-order valence-electron chi connectivity index (χ1n) is 4.76. The second-order valence-electron chi connectivity index (χ2n) is 3.20. The number of methoxy groups -OCH3 is 4. The van der Waals surface area contributed by atoms with Crippen LogP contribution in [0, 0.1) is 0 Å². The van der Waals surface area contributed by atoms with Gasteiger partial charge >= 0.3 is 5.97 Å². The molecule has 3 atom stereocenters. The van der Waals surface area contributed by atoms with Crippen LogP contribution in [-0.2, 0) is 23.7 Å². The molecule has 0 N–H and O–H groups in total. The largest absolute Gasteiger partial charge is 0.467 e. The molecule has 0 unspecified atom stereocenters. The molecule has 0 spiro atoms. The summed E-state index contributed by atoms with van der Waals surface area (Å²) in [5, 5.41) is 0. The van der Waals surface area contributed by atoms with Gasteiger partial charge in [0.2, 0.25) is 0 Å². The minimum absolute atomic E-state index is 0.0997. The molecule has 5 heteroatoms. The molecule has 0 aromatic carbocycles. The summed E-state index contributed by atoms with van der Waals surface area (Å²) in [6.45, 7) is 1.87. The predicted molar refractivity (Wildman–Crippen MR) is 54.7 cm³/mol. The van der Waals surface area contributed by atoms with E-state index in [2.05, 4.69) is 4.74 Å². The van der Waals surface area contributed by atoms with Crippen LogP contribution in [0.3, 0.4) is 0 Å². The van der Waals surface area contributed by atoms with Gasteiger partial charge in [-0.2, -0.15) is 0 Å². The first kappa shape index (κ1) is 14.3. The fourth-order valence-corrected chi connectivity index (χ4v) is 1.26. The first-order valence-corrected chi connectivity index (χ1v) is 4.76. The molecule has 15 heavy (non-hydrogen) atoms. The average Bonchev–Trinajstić information content (AvgIpc) is 2.28. The van der Waals surface area contributed by atoms with Crippen molar-refractivity contribution in [2.75, 3.05) is 28.4 Å². The van der Waals surface area contributed by atoms with Gasteiger partial charge in [0.15, 0.2) is 6.10 Å². The molecule has 0 aliphatic heterocycles. The Labute approximate surface area is 90.6 Å². The van der Waals surface area contributed by atoms with E-state index in [1.54, 1.807) is 14.2 Å². The Balaban J connectivity index is 4.29. The minimum atomic E-state index is -0.613. The number of esters is 1. The zero-order valence-corrected chi connectivity index (χ0v) is 9.98. The lowest BCUT2D eigenvalue weighted by Gasteiger charge is -2.24. The molecule has 0 bridgehead atoms. The quantitative estimate of drug-likeness (QED) is 0.588. The maximum absolute atomic E-state index is 11.3. The average molecular weight is 220 g/mol. The zero-order valence-electron chi connectivity index (χ0n) is 9.98. The fraction of sp³-hybridized carbons (Fsp3) is 0.900. The van der Waals surface area contributed by atoms with Gasteiger partial charge in [-0.3, -0.25) is 0 Å². The van der Waals surface area contributed by atoms with Crippen LogP contribution >= 0.6 is 0 Å². The molecule has 0 rings (SSSR count). The van der Waals surface area contributed by atoms with E-state index in [0.717, 1.165) is 0 Å². The number of carbonyl (C=O) groups excluding carboxylic acids is 1. The SMILES string of the molecule is COC(=O)[C@@H](C[C@@H](OC)[C@H](C)OC)OC. The van der Waals surface area contributed by atoms with Crippen molar-refractivity contribution in [1.82, 2.24) is 0 Å². The Morgan fingerprint density at radius 3 is 2.00 bits per heavy atom. The Hall–Kier alpha value is -0.650. The molecule has 0 aromatic heterocycles. The van der Waals surface area contributed by atoms with E-state index in [4.69, 9.17) is 14.2 Å². The van der Waals surface area contributed by atoms with Crippen molar-refractivity contribution in [3.8, 4) is 0 Å². The predicted octanol–water partition coefficient (Wildman–Crippen LogP) is 0.614. The van der Waals surface area contributed by atoms with Crippen LogP contribution in [0.4, 0.5) is 0 Å². The molecule has 5 nitrogen and oxygen atoms in total. The van der Waals surface area contributed by atoms with Crippen molar-refractivity contribution in [1.29, 1.82) is 0 Å². The van der Waals surface area contributed by atoms with Gasteiger partial charge in [-0.05, 0) is 6.92 Å². The van der Waals surface area contributed by atoms with Gasteiger partial charge in [0.1, 0.15) is 0 Å². The zero-order chi connectivity index (χ0) is 11.8. The highest BCUT2D eigenvalue weighted by atomic mass is 16.6. The van der Waals surface area contributed by atoms with Crippen molar-refractivity contribution in [2.24, 2.45) is 0 Å². The highest BCUT2D eigenvalue weighted by molar-refractivity contribution is 5.74. The Bertz CT molecular complexity index is 183. The number of hydrogen-bond acceptors (Lipinski definition) is 5. The molecular formula is C10H20O5. The third kappa shape index (κ3) is 4.59. The maximum Gasteiger partial charge on any atom is 0.335 e. The number of ether oxygens (including phenoxy) is 4. The summed E-state index contributed by atoms with van der Waals surface area (Å²) >= 11 is 0. The first-order chi connectivity index (χ1) is 7.10. The molecule has 0 aliphatic carbocycles. The highest BCUT2D eigenvalue weighted by Crippen LogP contribution is 2.12. The van der Waals surface area contributed by atoms with Crippen LogP contribution in [0.5, 0.6) is 0 Å². The minimum Gasteiger partial charge on any atom is -0.467 e. The van der Waals surface area contributed by atoms with Gasteiger partial charge in [-0.15, -0.1) is 0 Å². The highest BCUT2D eigenvalue weighted by Gasteiger charge is 2.26. The van der Waals surface area contributed by atoms with E-state index in [0.29, 0.717) is 6.42 Å². The molecule has 0 aromatic rings. The van der Waals surface area contributed by atoms with Crippen molar-refractivity contribution in [3.05, 3.63) is 0 Å². The molecular weight excluding hydrogens is 200 g/mol. The summed E-state index contributed by atoms with van der Waals surface area (Å²) in [6.07, 6.45) is -0.497. The maximum atomic E-state index is 11.3. The second-order valence-corrected chi connectivity index (χ2v) is 3.20. The van der Waals surface area contributed by atoms with Crippen LogP contribution in [0.2, 0.25) is 0 Å². The van der Waals surface area contributed by atoms with Crippen LogP contribution in [0.1, 0.15) is 13.3 Å². The Morgan fingerprint density at radius 1 is 1.07 bits per heavy atom. The number of hydrogen-bond donors (Lipinski definition) is 0. The van der Waals surface area contributed by atoms with E-state index in [1.165, 1.54) is 14.2 Å². The van der Waals surface area contributed by atoms with Gasteiger partial charge in [0.25, 0.3) is 0 Å². The molecule has 0 saturated heterocycles. The molecule has 0 radical (unpaired) electrons. The second kappa shape index (κ2) is 7.62. The molecule has 0 aliphatic rings. The van der Waals surface area contributed by atoms with Crippen molar-refractivity contribution in [2.45, 2.75) is 31.7 Å². The standard InChI is InChI=1S/C10H20O5/c1-7(12-2)8(13-3)6-9(14-4)10(11)15-5/h7-9H,6H2,1-5H3/t7-,8+,9+/m0/s1. The fourth-order valence-electron chi connectivity index (χ4n) is 1.26. The van der Waals surface area contributed by atoms with Gasteiger partial charge < -0.3 is 18.9 Å². The summed E-state index contributed by atoms with van der Waals surface area (Å²) in [6, 6.07) is 0. The Morgan fingerprint density at radius 2 is 1.67 bits per heavy atom. The summed E-state index contributed by atoms with van der Waals surface area (Å²) in [7, 11) is 5.96. The van der Waals surface area contributed by atoms with Crippen LogP contribution in [0.15, 0.2) is 0 Å². The topological polar surface area (TPSA) is 54.0 Å². The summed E-state index contributed by atoms with van der Waals surface area (Å²) in [4.78, 5) is 11.3. The van der Waals surface area contributed by atoms with E-state index < -0.39 is 12.1 Å². The van der Waals surface area contributed by atoms with Crippen molar-refractivity contribution < 1.29 is 23.7 Å². The van der Waals surface area contributed by atoms with Crippen LogP contribution in [-0.4, -0.2) is 52.7 Å². The van der Waals surface area contributed by atoms with Crippen LogP contribution in [0.25, 0.3) is 0 Å².